The Morgan fingerprint density at radius 2 is 1.57 bits per heavy atom. The molecule has 4 heteroatoms. The van der Waals surface area contributed by atoms with Gasteiger partial charge in [0.2, 0.25) is 0 Å². The molecule has 0 aliphatic carbocycles. The molecule has 0 unspecified atom stereocenters. The molecule has 0 bridgehead atoms. The largest absolute Gasteiger partial charge is 0.374 e. The van der Waals surface area contributed by atoms with Crippen molar-refractivity contribution in [1.82, 2.24) is 0 Å². The van der Waals surface area contributed by atoms with E-state index in [1.807, 2.05) is 65.0 Å². The molecule has 0 aliphatic heterocycles. The van der Waals surface area contributed by atoms with E-state index in [0.29, 0.717) is 19.6 Å². The fourth-order valence-corrected chi connectivity index (χ4v) is 4.38. The maximum absolute atomic E-state index is 12.8. The lowest BCUT2D eigenvalue weighted by Gasteiger charge is -2.27. The van der Waals surface area contributed by atoms with Crippen molar-refractivity contribution >= 4 is 7.14 Å². The number of ether oxygens (including phenoxy) is 2. The summed E-state index contributed by atoms with van der Waals surface area (Å²) in [6.45, 7) is 11.1. The highest BCUT2D eigenvalue weighted by molar-refractivity contribution is 7.65. The van der Waals surface area contributed by atoms with Crippen molar-refractivity contribution < 1.29 is 14.0 Å². The Morgan fingerprint density at radius 1 is 1.00 bits per heavy atom. The Bertz CT molecular complexity index is 431. The van der Waals surface area contributed by atoms with Gasteiger partial charge in [-0.1, -0.05) is 58.0 Å². The van der Waals surface area contributed by atoms with Crippen LogP contribution in [0.15, 0.2) is 30.3 Å². The number of benzene rings is 1. The van der Waals surface area contributed by atoms with Gasteiger partial charge in [-0.15, -0.1) is 0 Å². The lowest BCUT2D eigenvalue weighted by atomic mass is 10.2. The molecule has 3 nitrogen and oxygen atoms in total. The highest BCUT2D eigenvalue weighted by Crippen LogP contribution is 2.54. The lowest BCUT2D eigenvalue weighted by Crippen LogP contribution is -2.20. The van der Waals surface area contributed by atoms with Crippen LogP contribution in [0.5, 0.6) is 0 Å². The van der Waals surface area contributed by atoms with Crippen LogP contribution in [0.4, 0.5) is 0 Å². The molecule has 1 rings (SSSR count). The van der Waals surface area contributed by atoms with Crippen molar-refractivity contribution in [3.63, 3.8) is 0 Å². The van der Waals surface area contributed by atoms with Crippen LogP contribution < -0.4 is 0 Å². The zero-order chi connectivity index (χ0) is 15.9. The molecule has 0 saturated carbocycles. The molecule has 21 heavy (non-hydrogen) atoms. The van der Waals surface area contributed by atoms with Gasteiger partial charge in [-0.2, -0.15) is 0 Å². The van der Waals surface area contributed by atoms with E-state index in [2.05, 4.69) is 0 Å². The Hall–Kier alpha value is -0.630. The van der Waals surface area contributed by atoms with Crippen molar-refractivity contribution in [1.29, 1.82) is 0 Å². The summed E-state index contributed by atoms with van der Waals surface area (Å²) >= 11 is 0. The van der Waals surface area contributed by atoms with E-state index in [4.69, 9.17) is 9.47 Å². The molecule has 0 fully saturated rings. The Kier molecular flexibility index (Phi) is 7.65. The molecule has 0 saturated heterocycles. The summed E-state index contributed by atoms with van der Waals surface area (Å²) < 4.78 is 24.3. The third kappa shape index (κ3) is 5.94. The molecule has 120 valence electrons. The second-order valence-electron chi connectivity index (χ2n) is 6.15. The molecule has 1 aromatic carbocycles. The number of hydrogen-bond acceptors (Lipinski definition) is 3. The molecule has 0 spiro atoms. The first kappa shape index (κ1) is 18.4. The van der Waals surface area contributed by atoms with E-state index in [1.54, 1.807) is 0 Å². The van der Waals surface area contributed by atoms with Crippen LogP contribution in [-0.2, 0) is 20.6 Å². The fraction of sp³-hybridized carbons (Fsp3) is 0.647. The highest BCUT2D eigenvalue weighted by Gasteiger charge is 2.31. The Labute approximate surface area is 129 Å². The van der Waals surface area contributed by atoms with Gasteiger partial charge in [-0.3, -0.25) is 0 Å². The average molecular weight is 312 g/mol. The predicted octanol–water partition coefficient (Wildman–Crippen LogP) is 4.75. The molecule has 0 heterocycles. The van der Waals surface area contributed by atoms with Crippen LogP contribution in [0.1, 0.15) is 40.2 Å². The minimum Gasteiger partial charge on any atom is -0.374 e. The predicted molar refractivity (Wildman–Crippen MR) is 89.4 cm³/mol. The first-order chi connectivity index (χ1) is 9.86. The van der Waals surface area contributed by atoms with Gasteiger partial charge < -0.3 is 14.0 Å². The maximum atomic E-state index is 12.8. The van der Waals surface area contributed by atoms with Crippen LogP contribution in [0.25, 0.3) is 0 Å². The second kappa shape index (κ2) is 8.73. The first-order valence-electron chi connectivity index (χ1n) is 7.68. The summed E-state index contributed by atoms with van der Waals surface area (Å²) in [5.41, 5.74) is 1.48. The van der Waals surface area contributed by atoms with E-state index in [1.165, 1.54) is 0 Å². The molecule has 1 aromatic rings. The normalized spacial score (nSPS) is 13.9. The summed E-state index contributed by atoms with van der Waals surface area (Å²) in [5.74, 6) is 0. The van der Waals surface area contributed by atoms with Crippen LogP contribution in [0.2, 0.25) is 0 Å². The molecule has 0 amide bonds. The van der Waals surface area contributed by atoms with E-state index in [0.717, 1.165) is 5.56 Å². The van der Waals surface area contributed by atoms with Gasteiger partial charge in [0.05, 0.1) is 19.3 Å². The Balaban J connectivity index is 2.34. The zero-order valence-corrected chi connectivity index (χ0v) is 14.8. The van der Waals surface area contributed by atoms with Gasteiger partial charge in [-0.25, -0.2) is 0 Å². The monoisotopic (exact) mass is 312 g/mol. The highest BCUT2D eigenvalue weighted by atomic mass is 31.2. The molecule has 0 aromatic heterocycles. The fourth-order valence-electron chi connectivity index (χ4n) is 2.10. The standard InChI is InChI=1S/C17H29O3P/c1-14(2)21(18,15(3)4)13-20-16(5)11-19-12-17-9-7-6-8-10-17/h6-10,14-16H,11-13H2,1-5H3/t16-/m0/s1. The summed E-state index contributed by atoms with van der Waals surface area (Å²) in [6, 6.07) is 10.1. The lowest BCUT2D eigenvalue weighted by molar-refractivity contribution is 0.00360. The third-order valence-electron chi connectivity index (χ3n) is 3.77. The van der Waals surface area contributed by atoms with E-state index in [9.17, 15) is 4.57 Å². The summed E-state index contributed by atoms with van der Waals surface area (Å²) in [6.07, 6.45) is 0.303. The molecule has 0 radical (unpaired) electrons. The third-order valence-corrected chi connectivity index (χ3v) is 7.82. The molecule has 0 N–H and O–H groups in total. The second-order valence-corrected chi connectivity index (χ2v) is 10.2. The SMILES string of the molecule is CC(C)P(=O)(CO[C@@H](C)COCc1ccccc1)C(C)C. The first-order valence-corrected chi connectivity index (χ1v) is 9.71. The van der Waals surface area contributed by atoms with Crippen LogP contribution >= 0.6 is 7.14 Å². The van der Waals surface area contributed by atoms with Crippen molar-refractivity contribution in [2.24, 2.45) is 0 Å². The van der Waals surface area contributed by atoms with Crippen LogP contribution in [0, 0.1) is 0 Å². The topological polar surface area (TPSA) is 35.5 Å². The maximum Gasteiger partial charge on any atom is 0.117 e. The van der Waals surface area contributed by atoms with E-state index in [-0.39, 0.29) is 17.4 Å². The number of hydrogen-bond donors (Lipinski definition) is 0. The van der Waals surface area contributed by atoms with Gasteiger partial charge in [0, 0.05) is 11.3 Å². The van der Waals surface area contributed by atoms with Crippen LogP contribution in [0.3, 0.4) is 0 Å². The average Bonchev–Trinajstić information content (AvgIpc) is 2.45. The van der Waals surface area contributed by atoms with Crippen molar-refractivity contribution in [2.45, 2.75) is 58.6 Å². The molecule has 1 atom stereocenters. The van der Waals surface area contributed by atoms with E-state index >= 15 is 0 Å². The van der Waals surface area contributed by atoms with Crippen molar-refractivity contribution in [2.75, 3.05) is 13.0 Å². The smallest absolute Gasteiger partial charge is 0.117 e. The van der Waals surface area contributed by atoms with Gasteiger partial charge in [0.1, 0.15) is 13.5 Å². The van der Waals surface area contributed by atoms with E-state index < -0.39 is 7.14 Å². The molecular formula is C17H29O3P. The quantitative estimate of drug-likeness (QED) is 0.617. The van der Waals surface area contributed by atoms with Crippen molar-refractivity contribution in [3.05, 3.63) is 35.9 Å². The van der Waals surface area contributed by atoms with Crippen LogP contribution in [-0.4, -0.2) is 30.4 Å². The van der Waals surface area contributed by atoms with Gasteiger partial charge >= 0.3 is 0 Å². The van der Waals surface area contributed by atoms with Crippen molar-refractivity contribution in [3.8, 4) is 0 Å². The minimum absolute atomic E-state index is 0.0421. The zero-order valence-electron chi connectivity index (χ0n) is 13.9. The summed E-state index contributed by atoms with van der Waals surface area (Å²) in [4.78, 5) is 0. The van der Waals surface area contributed by atoms with Gasteiger partial charge in [-0.05, 0) is 12.5 Å². The summed E-state index contributed by atoms with van der Waals surface area (Å²) in [5, 5.41) is 0. The minimum atomic E-state index is -2.29. The Morgan fingerprint density at radius 3 is 2.10 bits per heavy atom. The molecular weight excluding hydrogens is 283 g/mol. The van der Waals surface area contributed by atoms with Gasteiger partial charge in [0.15, 0.2) is 0 Å². The molecule has 0 aliphatic rings. The van der Waals surface area contributed by atoms with Gasteiger partial charge in [0.25, 0.3) is 0 Å². The number of rotatable bonds is 9. The summed E-state index contributed by atoms with van der Waals surface area (Å²) in [7, 11) is -2.29.